The van der Waals surface area contributed by atoms with Crippen molar-refractivity contribution in [2.24, 2.45) is 0 Å². The molecule has 0 spiro atoms. The van der Waals surface area contributed by atoms with Gasteiger partial charge in [0.05, 0.1) is 5.97 Å². The summed E-state index contributed by atoms with van der Waals surface area (Å²) < 4.78 is 0. The molecule has 4 nitrogen and oxygen atoms in total. The first-order chi connectivity index (χ1) is 10.7. The maximum absolute atomic E-state index is 10.5. The van der Waals surface area contributed by atoms with Gasteiger partial charge in [0, 0.05) is 0 Å². The molecular weight excluding hydrogens is 280 g/mol. The van der Waals surface area contributed by atoms with Gasteiger partial charge >= 0.3 is 0 Å². The maximum Gasteiger partial charge on any atom is 0.132 e. The second-order valence-electron chi connectivity index (χ2n) is 5.93. The highest BCUT2D eigenvalue weighted by molar-refractivity contribution is 5.69. The van der Waals surface area contributed by atoms with E-state index in [9.17, 15) is 9.90 Å². The molecule has 0 fully saturated rings. The predicted molar refractivity (Wildman–Crippen MR) is 87.3 cm³/mol. The van der Waals surface area contributed by atoms with Crippen molar-refractivity contribution in [2.45, 2.75) is 96.5 Å². The van der Waals surface area contributed by atoms with Crippen molar-refractivity contribution in [1.29, 1.82) is 0 Å². The smallest absolute Gasteiger partial charge is 0.132 e. The fraction of sp³-hybridized carbons (Fsp3) is 0.833. The van der Waals surface area contributed by atoms with Crippen LogP contribution in [0.1, 0.15) is 90.4 Å². The number of carboxylic acid groups (broad SMARTS) is 1. The maximum atomic E-state index is 10.5. The highest BCUT2D eigenvalue weighted by Gasteiger charge is 2.08. The minimum absolute atomic E-state index is 0.312. The third-order valence-electron chi connectivity index (χ3n) is 3.87. The lowest BCUT2D eigenvalue weighted by atomic mass is 10.1. The number of rotatable bonds is 16. The summed E-state index contributed by atoms with van der Waals surface area (Å²) in [5.41, 5.74) is 0. The molecule has 0 radical (unpaired) electrons. The van der Waals surface area contributed by atoms with E-state index in [4.69, 9.17) is 5.26 Å². The molecule has 0 unspecified atom stereocenters. The van der Waals surface area contributed by atoms with Crippen LogP contribution in [0.3, 0.4) is 0 Å². The van der Waals surface area contributed by atoms with Crippen molar-refractivity contribution >= 4 is 5.97 Å². The van der Waals surface area contributed by atoms with Gasteiger partial charge in [-0.3, -0.25) is 5.26 Å². The number of carbonyl (C=O) groups excluding carboxylic acids is 1. The molecule has 1 N–H and O–H groups in total. The van der Waals surface area contributed by atoms with Gasteiger partial charge in [-0.1, -0.05) is 70.4 Å². The van der Waals surface area contributed by atoms with Gasteiger partial charge in [-0.25, -0.2) is 4.89 Å². The van der Waals surface area contributed by atoms with Gasteiger partial charge in [0.25, 0.3) is 0 Å². The van der Waals surface area contributed by atoms with Crippen molar-refractivity contribution in [3.8, 4) is 0 Å². The minimum Gasteiger partial charge on any atom is -0.547 e. The fourth-order valence-corrected chi connectivity index (χ4v) is 2.44. The van der Waals surface area contributed by atoms with Crippen LogP contribution in [-0.2, 0) is 9.68 Å². The lowest BCUT2D eigenvalue weighted by Gasteiger charge is -2.13. The molecule has 0 aliphatic rings. The highest BCUT2D eigenvalue weighted by atomic mass is 17.1. The van der Waals surface area contributed by atoms with Gasteiger partial charge in [-0.15, -0.1) is 0 Å². The summed E-state index contributed by atoms with van der Waals surface area (Å²) in [7, 11) is 0. The zero-order valence-corrected chi connectivity index (χ0v) is 14.1. The van der Waals surface area contributed by atoms with Crippen molar-refractivity contribution < 1.29 is 20.0 Å². The molecule has 0 aromatic carbocycles. The fourth-order valence-electron chi connectivity index (χ4n) is 2.44. The third kappa shape index (κ3) is 14.1. The van der Waals surface area contributed by atoms with E-state index in [0.717, 1.165) is 32.1 Å². The summed E-state index contributed by atoms with van der Waals surface area (Å²) in [6.45, 7) is 2.24. The molecule has 1 atom stereocenters. The Kier molecular flexibility index (Phi) is 15.8. The van der Waals surface area contributed by atoms with Crippen molar-refractivity contribution in [1.82, 2.24) is 0 Å². The number of hydrogen-bond donors (Lipinski definition) is 1. The van der Waals surface area contributed by atoms with E-state index in [1.807, 2.05) is 0 Å². The van der Waals surface area contributed by atoms with Crippen LogP contribution in [0.4, 0.5) is 0 Å². The Morgan fingerprint density at radius 3 is 1.95 bits per heavy atom. The Hall–Kier alpha value is -0.870. The summed E-state index contributed by atoms with van der Waals surface area (Å²) in [5.74, 6) is -1.35. The van der Waals surface area contributed by atoms with Crippen LogP contribution in [0.2, 0.25) is 0 Å². The van der Waals surface area contributed by atoms with Gasteiger partial charge in [0.2, 0.25) is 0 Å². The minimum atomic E-state index is -1.35. The second kappa shape index (κ2) is 16.5. The van der Waals surface area contributed by atoms with Gasteiger partial charge in [0.1, 0.15) is 6.10 Å². The molecule has 0 saturated heterocycles. The zero-order chi connectivity index (χ0) is 16.5. The van der Waals surface area contributed by atoms with E-state index < -0.39 is 12.1 Å². The van der Waals surface area contributed by atoms with Crippen LogP contribution >= 0.6 is 0 Å². The molecule has 0 heterocycles. The van der Waals surface area contributed by atoms with E-state index in [1.54, 1.807) is 0 Å². The van der Waals surface area contributed by atoms with E-state index in [1.165, 1.54) is 44.9 Å². The third-order valence-corrected chi connectivity index (χ3v) is 3.87. The van der Waals surface area contributed by atoms with E-state index in [2.05, 4.69) is 24.0 Å². The summed E-state index contributed by atoms with van der Waals surface area (Å²) in [4.78, 5) is 14.3. The van der Waals surface area contributed by atoms with Crippen molar-refractivity contribution in [2.75, 3.05) is 0 Å². The number of hydrogen-bond acceptors (Lipinski definition) is 4. The van der Waals surface area contributed by atoms with Crippen LogP contribution in [0.15, 0.2) is 12.2 Å². The van der Waals surface area contributed by atoms with Crippen LogP contribution in [0.5, 0.6) is 0 Å². The second-order valence-corrected chi connectivity index (χ2v) is 5.93. The molecule has 0 amide bonds. The first-order valence-corrected chi connectivity index (χ1v) is 8.88. The normalized spacial score (nSPS) is 12.8. The Morgan fingerprint density at radius 2 is 1.45 bits per heavy atom. The molecule has 22 heavy (non-hydrogen) atoms. The van der Waals surface area contributed by atoms with Gasteiger partial charge in [0.15, 0.2) is 0 Å². The molecule has 0 aliphatic carbocycles. The number of carboxylic acids is 1. The number of aliphatic carboxylic acids is 1. The van der Waals surface area contributed by atoms with E-state index in [0.29, 0.717) is 6.42 Å². The van der Waals surface area contributed by atoms with E-state index >= 15 is 0 Å². The molecule has 0 aliphatic heterocycles. The summed E-state index contributed by atoms with van der Waals surface area (Å²) in [6.07, 6.45) is 17.9. The van der Waals surface area contributed by atoms with Crippen LogP contribution in [-0.4, -0.2) is 17.3 Å². The van der Waals surface area contributed by atoms with Crippen molar-refractivity contribution in [3.05, 3.63) is 12.2 Å². The van der Waals surface area contributed by atoms with E-state index in [-0.39, 0.29) is 0 Å². The average molecular weight is 313 g/mol. The van der Waals surface area contributed by atoms with Crippen LogP contribution in [0, 0.1) is 0 Å². The first kappa shape index (κ1) is 21.1. The van der Waals surface area contributed by atoms with Gasteiger partial charge in [-0.2, -0.15) is 0 Å². The first-order valence-electron chi connectivity index (χ1n) is 8.88. The van der Waals surface area contributed by atoms with Crippen LogP contribution in [0.25, 0.3) is 0 Å². The number of allylic oxidation sites excluding steroid dienone is 2. The number of unbranched alkanes of at least 4 members (excludes halogenated alkanes) is 10. The monoisotopic (exact) mass is 313 g/mol. The zero-order valence-electron chi connectivity index (χ0n) is 14.1. The summed E-state index contributed by atoms with van der Waals surface area (Å²) in [5, 5.41) is 18.9. The average Bonchev–Trinajstić information content (AvgIpc) is 2.51. The van der Waals surface area contributed by atoms with Crippen molar-refractivity contribution in [3.63, 3.8) is 0 Å². The molecule has 130 valence electrons. The molecule has 0 rings (SSSR count). The Bertz CT molecular complexity index is 276. The molecular formula is C18H33O4-. The SMILES string of the molecule is CCCCCCCC/C=C\CCCCCC[C@@H](OO)C(=O)[O-]. The molecule has 0 aromatic rings. The molecule has 4 heteroatoms. The molecule has 0 saturated carbocycles. The molecule has 0 bridgehead atoms. The number of carbonyl (C=O) groups is 1. The summed E-state index contributed by atoms with van der Waals surface area (Å²) >= 11 is 0. The Balaban J connectivity index is 3.25. The Labute approximate surface area is 135 Å². The van der Waals surface area contributed by atoms with Gasteiger partial charge in [-0.05, 0) is 32.1 Å². The predicted octanol–water partition coefficient (Wildman–Crippen LogP) is 4.24. The standard InChI is InChI=1S/C18H34O4/c1-2-3-4-5-6-7-8-9-10-11-12-13-14-15-16-17(22-21)18(19)20/h9-10,17,21H,2-8,11-16H2,1H3,(H,19,20)/p-1/b10-9-/t17-/m1/s1. The highest BCUT2D eigenvalue weighted by Crippen LogP contribution is 2.10. The quantitative estimate of drug-likeness (QED) is 0.200. The van der Waals surface area contributed by atoms with Gasteiger partial charge < -0.3 is 9.90 Å². The topological polar surface area (TPSA) is 69.6 Å². The Morgan fingerprint density at radius 1 is 0.955 bits per heavy atom. The summed E-state index contributed by atoms with van der Waals surface area (Å²) in [6, 6.07) is 0. The molecule has 0 aromatic heterocycles. The van der Waals surface area contributed by atoms with Crippen LogP contribution < -0.4 is 5.11 Å². The lowest BCUT2D eigenvalue weighted by Crippen LogP contribution is -2.36. The largest absolute Gasteiger partial charge is 0.547 e. The lowest BCUT2D eigenvalue weighted by molar-refractivity contribution is -0.348.